The van der Waals surface area contributed by atoms with Crippen LogP contribution in [0.1, 0.15) is 67.2 Å². The predicted molar refractivity (Wildman–Crippen MR) is 214 cm³/mol. The largest absolute Gasteiger partial charge is 0.462 e. The SMILES string of the molecule is C[C@]12CCC3c4ccc(OC(=O)Cc5ccc(N(CCCl)CCCl)cc5)cc4CCC3C1CCC2OC(=O)Cc1ccc(N(CCCl)CCCl)cc1. The van der Waals surface area contributed by atoms with Gasteiger partial charge >= 0.3 is 11.9 Å². The van der Waals surface area contributed by atoms with Gasteiger partial charge in [-0.15, -0.1) is 46.4 Å². The Balaban J connectivity index is 1.03. The molecule has 0 radical (unpaired) electrons. The lowest BCUT2D eigenvalue weighted by Crippen LogP contribution is -2.45. The molecule has 0 amide bonds. The van der Waals surface area contributed by atoms with E-state index in [1.165, 1.54) is 11.1 Å². The van der Waals surface area contributed by atoms with Gasteiger partial charge in [0.05, 0.1) is 12.8 Å². The molecule has 0 aliphatic heterocycles. The fourth-order valence-electron chi connectivity index (χ4n) is 9.27. The van der Waals surface area contributed by atoms with E-state index in [0.29, 0.717) is 60.1 Å². The zero-order chi connectivity index (χ0) is 36.7. The van der Waals surface area contributed by atoms with E-state index in [0.717, 1.165) is 74.1 Å². The normalized spacial score (nSPS) is 23.2. The quantitative estimate of drug-likeness (QED) is 0.0820. The Morgan fingerprint density at radius 2 is 1.27 bits per heavy atom. The van der Waals surface area contributed by atoms with Crippen LogP contribution >= 0.6 is 46.4 Å². The first-order chi connectivity index (χ1) is 25.3. The van der Waals surface area contributed by atoms with Gasteiger partial charge in [0.2, 0.25) is 0 Å². The molecule has 0 heterocycles. The van der Waals surface area contributed by atoms with Crippen LogP contribution in [0.3, 0.4) is 0 Å². The summed E-state index contributed by atoms with van der Waals surface area (Å²) in [6.45, 7) is 5.24. The van der Waals surface area contributed by atoms with E-state index in [9.17, 15) is 9.59 Å². The average molecular weight is 789 g/mol. The van der Waals surface area contributed by atoms with Crippen LogP contribution in [-0.4, -0.2) is 67.7 Å². The molecule has 3 aromatic rings. The maximum absolute atomic E-state index is 13.2. The Labute approximate surface area is 329 Å². The fourth-order valence-corrected chi connectivity index (χ4v) is 10.1. The van der Waals surface area contributed by atoms with E-state index < -0.39 is 0 Å². The van der Waals surface area contributed by atoms with E-state index in [2.05, 4.69) is 28.9 Å². The third-order valence-corrected chi connectivity index (χ3v) is 12.5. The lowest BCUT2D eigenvalue weighted by molar-refractivity contribution is -0.156. The number of nitrogens with zero attached hydrogens (tertiary/aromatic N) is 2. The van der Waals surface area contributed by atoms with Gasteiger partial charge in [0.15, 0.2) is 0 Å². The van der Waals surface area contributed by atoms with Crippen LogP contribution in [0.5, 0.6) is 5.75 Å². The van der Waals surface area contributed by atoms with Crippen molar-refractivity contribution in [1.29, 1.82) is 0 Å². The van der Waals surface area contributed by atoms with Gasteiger partial charge in [-0.1, -0.05) is 37.3 Å². The Morgan fingerprint density at radius 3 is 1.83 bits per heavy atom. The smallest absolute Gasteiger partial charge is 0.315 e. The number of ether oxygens (including phenoxy) is 2. The molecule has 0 N–H and O–H groups in total. The summed E-state index contributed by atoms with van der Waals surface area (Å²) in [7, 11) is 0. The molecule has 0 spiro atoms. The van der Waals surface area contributed by atoms with E-state index in [1.54, 1.807) is 0 Å². The van der Waals surface area contributed by atoms with Gasteiger partial charge in [-0.25, -0.2) is 0 Å². The zero-order valence-corrected chi connectivity index (χ0v) is 33.0. The van der Waals surface area contributed by atoms with Crippen LogP contribution in [-0.2, 0) is 33.6 Å². The first-order valence-electron chi connectivity index (χ1n) is 18.7. The average Bonchev–Trinajstić information content (AvgIpc) is 3.47. The number of hydrogen-bond donors (Lipinski definition) is 0. The van der Waals surface area contributed by atoms with Gasteiger partial charge in [0.25, 0.3) is 0 Å². The van der Waals surface area contributed by atoms with Gasteiger partial charge in [0.1, 0.15) is 11.9 Å². The number of carbonyl (C=O) groups is 2. The van der Waals surface area contributed by atoms with E-state index in [-0.39, 0.29) is 36.3 Å². The summed E-state index contributed by atoms with van der Waals surface area (Å²) < 4.78 is 12.1. The predicted octanol–water partition coefficient (Wildman–Crippen LogP) is 9.41. The number of benzene rings is 3. The molecule has 2 fully saturated rings. The Bertz CT molecular complexity index is 1640. The summed E-state index contributed by atoms with van der Waals surface area (Å²) >= 11 is 23.9. The number of esters is 2. The summed E-state index contributed by atoms with van der Waals surface area (Å²) in [5, 5.41) is 0. The number of rotatable bonds is 16. The highest BCUT2D eigenvalue weighted by molar-refractivity contribution is 6.19. The second-order valence-electron chi connectivity index (χ2n) is 14.8. The maximum Gasteiger partial charge on any atom is 0.315 e. The molecule has 52 heavy (non-hydrogen) atoms. The second-order valence-corrected chi connectivity index (χ2v) is 16.3. The van der Waals surface area contributed by atoms with Gasteiger partial charge in [-0.05, 0) is 115 Å². The van der Waals surface area contributed by atoms with Crippen molar-refractivity contribution < 1.29 is 19.1 Å². The number of hydrogen-bond acceptors (Lipinski definition) is 6. The van der Waals surface area contributed by atoms with Crippen molar-refractivity contribution in [2.45, 2.75) is 70.3 Å². The third kappa shape index (κ3) is 9.00. The molecule has 3 aromatic carbocycles. The topological polar surface area (TPSA) is 59.1 Å². The number of alkyl halides is 4. The van der Waals surface area contributed by atoms with Crippen LogP contribution < -0.4 is 14.5 Å². The number of anilines is 2. The number of fused-ring (bicyclic) bond motifs is 5. The first-order valence-corrected chi connectivity index (χ1v) is 20.8. The van der Waals surface area contributed by atoms with Crippen molar-refractivity contribution in [2.75, 3.05) is 59.5 Å². The second kappa shape index (κ2) is 18.1. The lowest BCUT2D eigenvalue weighted by Gasteiger charge is -2.50. The van der Waals surface area contributed by atoms with E-state index in [4.69, 9.17) is 55.9 Å². The molecule has 0 saturated heterocycles. The van der Waals surface area contributed by atoms with Crippen molar-refractivity contribution in [1.82, 2.24) is 0 Å². The Hall–Kier alpha value is -2.64. The number of halogens is 4. The molecule has 5 atom stereocenters. The molecule has 10 heteroatoms. The van der Waals surface area contributed by atoms with Crippen molar-refractivity contribution in [2.24, 2.45) is 17.3 Å². The summed E-state index contributed by atoms with van der Waals surface area (Å²) in [6, 6.07) is 22.2. The fraction of sp³-hybridized carbons (Fsp3) is 0.524. The molecule has 0 aromatic heterocycles. The molecule has 280 valence electrons. The lowest BCUT2D eigenvalue weighted by atomic mass is 9.55. The van der Waals surface area contributed by atoms with Gasteiger partial charge in [-0.3, -0.25) is 9.59 Å². The molecular formula is C42H50Cl4N2O4. The summed E-state index contributed by atoms with van der Waals surface area (Å²) in [6.07, 6.45) is 6.60. The van der Waals surface area contributed by atoms with E-state index in [1.807, 2.05) is 54.6 Å². The minimum Gasteiger partial charge on any atom is -0.462 e. The van der Waals surface area contributed by atoms with Crippen molar-refractivity contribution >= 4 is 69.7 Å². The van der Waals surface area contributed by atoms with Crippen LogP contribution in [0.15, 0.2) is 66.7 Å². The molecule has 6 rings (SSSR count). The van der Waals surface area contributed by atoms with Crippen molar-refractivity contribution in [3.8, 4) is 5.75 Å². The molecule has 6 nitrogen and oxygen atoms in total. The van der Waals surface area contributed by atoms with Crippen LogP contribution in [0.2, 0.25) is 0 Å². The molecule has 4 unspecified atom stereocenters. The molecule has 2 saturated carbocycles. The number of aryl methyl sites for hydroxylation is 1. The Kier molecular flexibility index (Phi) is 13.6. The van der Waals surface area contributed by atoms with Crippen LogP contribution in [0.25, 0.3) is 0 Å². The molecule has 0 bridgehead atoms. The van der Waals surface area contributed by atoms with Gasteiger partial charge in [0, 0.05) is 66.5 Å². The highest BCUT2D eigenvalue weighted by atomic mass is 35.5. The Morgan fingerprint density at radius 1 is 0.712 bits per heavy atom. The molecule has 3 aliphatic carbocycles. The number of carbonyl (C=O) groups excluding carboxylic acids is 2. The van der Waals surface area contributed by atoms with Gasteiger partial charge in [-0.2, -0.15) is 0 Å². The van der Waals surface area contributed by atoms with E-state index >= 15 is 0 Å². The highest BCUT2D eigenvalue weighted by Gasteiger charge is 2.56. The molecule has 3 aliphatic rings. The van der Waals surface area contributed by atoms with Crippen molar-refractivity contribution in [3.05, 3.63) is 89.0 Å². The first kappa shape index (κ1) is 39.1. The monoisotopic (exact) mass is 786 g/mol. The highest BCUT2D eigenvalue weighted by Crippen LogP contribution is 2.61. The third-order valence-electron chi connectivity index (χ3n) is 11.8. The minimum absolute atomic E-state index is 0.0119. The summed E-state index contributed by atoms with van der Waals surface area (Å²) in [5.41, 5.74) is 6.62. The van der Waals surface area contributed by atoms with Crippen molar-refractivity contribution in [3.63, 3.8) is 0 Å². The van der Waals surface area contributed by atoms with Crippen LogP contribution in [0, 0.1) is 17.3 Å². The van der Waals surface area contributed by atoms with Gasteiger partial charge < -0.3 is 19.3 Å². The minimum atomic E-state index is -0.270. The van der Waals surface area contributed by atoms with Crippen LogP contribution in [0.4, 0.5) is 11.4 Å². The zero-order valence-electron chi connectivity index (χ0n) is 30.0. The summed E-state index contributed by atoms with van der Waals surface area (Å²) in [4.78, 5) is 30.5. The summed E-state index contributed by atoms with van der Waals surface area (Å²) in [5.74, 6) is 3.86. The molecular weight excluding hydrogens is 738 g/mol. The standard InChI is InChI=1S/C42H50Cl4N2O4/c1-42-17-16-36-35-13-11-34(51-40(49)26-29-2-7-32(8-3-29)47(22-18-43)23-19-44)28-31(35)6-12-37(36)38(42)14-15-39(42)52-41(50)27-30-4-9-33(10-5-30)48(24-20-45)25-21-46/h2-5,7-11,13,28,36-39H,6,12,14-27H2,1H3/t36?,37?,38?,39?,42-/m0/s1. The maximum atomic E-state index is 13.2.